The number of para-hydroxylation sites is 2. The van der Waals surface area contributed by atoms with Crippen molar-refractivity contribution in [1.29, 1.82) is 0 Å². The van der Waals surface area contributed by atoms with Crippen molar-refractivity contribution in [2.75, 3.05) is 49.6 Å². The van der Waals surface area contributed by atoms with Crippen LogP contribution in [0.4, 0.5) is 11.4 Å². The normalized spacial score (nSPS) is 22.5. The molecule has 2 N–H and O–H groups in total. The molecule has 2 unspecified atom stereocenters. The van der Waals surface area contributed by atoms with E-state index in [1.54, 1.807) is 0 Å². The predicted molar refractivity (Wildman–Crippen MR) is 118 cm³/mol. The van der Waals surface area contributed by atoms with Gasteiger partial charge in [-0.05, 0) is 43.0 Å². The Morgan fingerprint density at radius 2 is 1.50 bits per heavy atom. The van der Waals surface area contributed by atoms with Gasteiger partial charge in [0.1, 0.15) is 0 Å². The van der Waals surface area contributed by atoms with Gasteiger partial charge in [-0.1, -0.05) is 36.4 Å². The monoisotopic (exact) mass is 377 g/mol. The van der Waals surface area contributed by atoms with Crippen LogP contribution in [0.1, 0.15) is 12.8 Å². The number of nitrogens with zero attached hydrogens (tertiary/aromatic N) is 3. The lowest BCUT2D eigenvalue weighted by Crippen LogP contribution is -2.46. The third-order valence-electron chi connectivity index (χ3n) is 5.84. The van der Waals surface area contributed by atoms with Crippen LogP contribution in [0.5, 0.6) is 0 Å². The largest absolute Gasteiger partial charge is 0.371 e. The van der Waals surface area contributed by atoms with E-state index in [1.165, 1.54) is 17.8 Å². The van der Waals surface area contributed by atoms with Crippen LogP contribution >= 0.6 is 0 Å². The fourth-order valence-electron chi connectivity index (χ4n) is 4.25. The summed E-state index contributed by atoms with van der Waals surface area (Å²) in [7, 11) is 1.87. The van der Waals surface area contributed by atoms with Gasteiger partial charge in [0.2, 0.25) is 0 Å². The maximum atomic E-state index is 4.45. The second kappa shape index (κ2) is 9.00. The Hall–Kier alpha value is -2.69. The summed E-state index contributed by atoms with van der Waals surface area (Å²) in [5.74, 6) is 1.58. The molecule has 5 nitrogen and oxygen atoms in total. The van der Waals surface area contributed by atoms with Crippen LogP contribution in [-0.4, -0.2) is 51.8 Å². The summed E-state index contributed by atoms with van der Waals surface area (Å²) in [6.07, 6.45) is 2.37. The molecule has 0 spiro atoms. The first-order chi connectivity index (χ1) is 13.8. The molecule has 28 heavy (non-hydrogen) atoms. The molecular formula is C23H31N5. The summed E-state index contributed by atoms with van der Waals surface area (Å²) in [5.41, 5.74) is 2.64. The van der Waals surface area contributed by atoms with Crippen LogP contribution in [0, 0.1) is 5.92 Å². The van der Waals surface area contributed by atoms with Crippen LogP contribution < -0.4 is 20.4 Å². The van der Waals surface area contributed by atoms with Crippen molar-refractivity contribution in [3.05, 3.63) is 60.7 Å². The second-order valence-corrected chi connectivity index (χ2v) is 7.80. The quantitative estimate of drug-likeness (QED) is 0.621. The molecule has 5 heteroatoms. The van der Waals surface area contributed by atoms with Crippen LogP contribution in [0.25, 0.3) is 0 Å². The average Bonchev–Trinajstić information content (AvgIpc) is 3.42. The molecule has 2 aromatic rings. The number of aliphatic imine (C=N–C) groups is 1. The first-order valence-electron chi connectivity index (χ1n) is 10.4. The van der Waals surface area contributed by atoms with E-state index in [2.05, 4.69) is 86.1 Å². The molecule has 2 aliphatic heterocycles. The van der Waals surface area contributed by atoms with Gasteiger partial charge in [0.15, 0.2) is 5.96 Å². The highest BCUT2D eigenvalue weighted by Crippen LogP contribution is 2.23. The minimum absolute atomic E-state index is 0.441. The van der Waals surface area contributed by atoms with Gasteiger partial charge in [-0.15, -0.1) is 0 Å². The van der Waals surface area contributed by atoms with Gasteiger partial charge in [-0.2, -0.15) is 0 Å². The van der Waals surface area contributed by atoms with E-state index in [0.717, 1.165) is 45.1 Å². The number of anilines is 2. The second-order valence-electron chi connectivity index (χ2n) is 7.80. The fourth-order valence-corrected chi connectivity index (χ4v) is 4.25. The lowest BCUT2D eigenvalue weighted by Gasteiger charge is -2.21. The number of benzene rings is 2. The highest BCUT2D eigenvalue weighted by Gasteiger charge is 2.25. The number of nitrogens with one attached hydrogen (secondary N) is 2. The molecule has 0 saturated carbocycles. The van der Waals surface area contributed by atoms with Crippen molar-refractivity contribution in [2.24, 2.45) is 10.9 Å². The van der Waals surface area contributed by atoms with E-state index in [4.69, 9.17) is 0 Å². The smallest absolute Gasteiger partial charge is 0.191 e. The summed E-state index contributed by atoms with van der Waals surface area (Å²) in [6.45, 7) is 5.33. The Morgan fingerprint density at radius 3 is 2.14 bits per heavy atom. The molecular weight excluding hydrogens is 346 g/mol. The number of rotatable bonds is 5. The van der Waals surface area contributed by atoms with E-state index in [1.807, 2.05) is 7.05 Å². The molecule has 2 saturated heterocycles. The molecule has 2 heterocycles. The standard InChI is InChI=1S/C23H31N5/c1-24-23(26-20-13-15-28(18-20)22-10-6-3-7-11-22)25-16-19-12-14-27(17-19)21-8-4-2-5-9-21/h2-11,19-20H,12-18H2,1H3,(H2,24,25,26). The molecule has 0 bridgehead atoms. The Morgan fingerprint density at radius 1 is 0.893 bits per heavy atom. The zero-order chi connectivity index (χ0) is 19.2. The van der Waals surface area contributed by atoms with Crippen LogP contribution in [0.3, 0.4) is 0 Å². The van der Waals surface area contributed by atoms with Crippen LogP contribution in [0.15, 0.2) is 65.7 Å². The lowest BCUT2D eigenvalue weighted by molar-refractivity contribution is 0.557. The molecule has 0 aromatic heterocycles. The van der Waals surface area contributed by atoms with E-state index in [-0.39, 0.29) is 0 Å². The number of hydrogen-bond donors (Lipinski definition) is 2. The van der Waals surface area contributed by atoms with Crippen molar-refractivity contribution >= 4 is 17.3 Å². The van der Waals surface area contributed by atoms with Gasteiger partial charge >= 0.3 is 0 Å². The van der Waals surface area contributed by atoms with Crippen molar-refractivity contribution in [1.82, 2.24) is 10.6 Å². The number of hydrogen-bond acceptors (Lipinski definition) is 3. The van der Waals surface area contributed by atoms with E-state index in [9.17, 15) is 0 Å². The molecule has 2 aliphatic rings. The van der Waals surface area contributed by atoms with E-state index in [0.29, 0.717) is 12.0 Å². The maximum Gasteiger partial charge on any atom is 0.191 e. The van der Waals surface area contributed by atoms with Gasteiger partial charge in [0.05, 0.1) is 0 Å². The van der Waals surface area contributed by atoms with Crippen LogP contribution in [0.2, 0.25) is 0 Å². The van der Waals surface area contributed by atoms with E-state index < -0.39 is 0 Å². The third-order valence-corrected chi connectivity index (χ3v) is 5.84. The molecule has 0 radical (unpaired) electrons. The van der Waals surface area contributed by atoms with Gasteiger partial charge in [0, 0.05) is 57.2 Å². The highest BCUT2D eigenvalue weighted by molar-refractivity contribution is 5.80. The third kappa shape index (κ3) is 4.58. The molecule has 2 aromatic carbocycles. The van der Waals surface area contributed by atoms with Crippen LogP contribution in [-0.2, 0) is 0 Å². The van der Waals surface area contributed by atoms with Crippen molar-refractivity contribution in [3.8, 4) is 0 Å². The average molecular weight is 378 g/mol. The molecule has 148 valence electrons. The lowest BCUT2D eigenvalue weighted by atomic mass is 10.1. The number of guanidine groups is 1. The van der Waals surface area contributed by atoms with E-state index >= 15 is 0 Å². The summed E-state index contributed by atoms with van der Waals surface area (Å²) in [5, 5.41) is 7.17. The molecule has 2 fully saturated rings. The minimum atomic E-state index is 0.441. The summed E-state index contributed by atoms with van der Waals surface area (Å²) >= 11 is 0. The molecule has 2 atom stereocenters. The first-order valence-corrected chi connectivity index (χ1v) is 10.4. The topological polar surface area (TPSA) is 42.9 Å². The summed E-state index contributed by atoms with van der Waals surface area (Å²) in [4.78, 5) is 9.38. The fraction of sp³-hybridized carbons (Fsp3) is 0.435. The zero-order valence-electron chi connectivity index (χ0n) is 16.7. The minimum Gasteiger partial charge on any atom is -0.371 e. The highest BCUT2D eigenvalue weighted by atomic mass is 15.2. The molecule has 0 aliphatic carbocycles. The maximum absolute atomic E-state index is 4.45. The zero-order valence-corrected chi connectivity index (χ0v) is 16.7. The van der Waals surface area contributed by atoms with Gasteiger partial charge in [-0.3, -0.25) is 4.99 Å². The Kier molecular flexibility index (Phi) is 6.00. The Labute approximate surface area is 168 Å². The molecule has 0 amide bonds. The first kappa shape index (κ1) is 18.7. The Bertz CT molecular complexity index is 761. The van der Waals surface area contributed by atoms with Crippen molar-refractivity contribution in [2.45, 2.75) is 18.9 Å². The Balaban J connectivity index is 1.23. The SMILES string of the molecule is CN=C(NCC1CCN(c2ccccc2)C1)NC1CCN(c2ccccc2)C1. The predicted octanol–water partition coefficient (Wildman–Crippen LogP) is 2.96. The van der Waals surface area contributed by atoms with Gasteiger partial charge < -0.3 is 20.4 Å². The van der Waals surface area contributed by atoms with Crippen molar-refractivity contribution in [3.63, 3.8) is 0 Å². The molecule has 4 rings (SSSR count). The van der Waals surface area contributed by atoms with Gasteiger partial charge in [0.25, 0.3) is 0 Å². The van der Waals surface area contributed by atoms with Crippen molar-refractivity contribution < 1.29 is 0 Å². The summed E-state index contributed by atoms with van der Waals surface area (Å²) in [6, 6.07) is 21.8. The summed E-state index contributed by atoms with van der Waals surface area (Å²) < 4.78 is 0. The van der Waals surface area contributed by atoms with Gasteiger partial charge in [-0.25, -0.2) is 0 Å².